The van der Waals surface area contributed by atoms with E-state index in [1.54, 1.807) is 30.3 Å². The number of carbonyl (C=O) groups excluding carboxylic acids is 2. The third-order valence-electron chi connectivity index (χ3n) is 7.73. The van der Waals surface area contributed by atoms with Crippen LogP contribution in [-0.2, 0) is 41.0 Å². The largest absolute Gasteiger partial charge is 0.491 e. The maximum absolute atomic E-state index is 14.6. The number of ether oxygens (including phenoxy) is 1. The number of para-hydroxylation sites is 2. The van der Waals surface area contributed by atoms with Crippen LogP contribution in [0.15, 0.2) is 102 Å². The van der Waals surface area contributed by atoms with E-state index in [1.165, 1.54) is 48.5 Å². The lowest BCUT2D eigenvalue weighted by Gasteiger charge is -2.34. The Morgan fingerprint density at radius 2 is 1.49 bits per heavy atom. The van der Waals surface area contributed by atoms with Gasteiger partial charge in [-0.25, -0.2) is 32.2 Å². The van der Waals surface area contributed by atoms with Gasteiger partial charge >= 0.3 is 24.4 Å². The molecule has 0 saturated carbocycles. The highest BCUT2D eigenvalue weighted by atomic mass is 35.5. The molecular weight excluding hydrogens is 780 g/mol. The lowest BCUT2D eigenvalue weighted by atomic mass is 10.0. The zero-order valence-electron chi connectivity index (χ0n) is 26.6. The van der Waals surface area contributed by atoms with Crippen molar-refractivity contribution in [2.24, 2.45) is 5.14 Å². The molecule has 21 heteroatoms. The number of anilines is 3. The predicted octanol–water partition coefficient (Wildman–Crippen LogP) is 5.32. The van der Waals surface area contributed by atoms with Crippen molar-refractivity contribution < 1.29 is 57.5 Å². The highest BCUT2D eigenvalue weighted by molar-refractivity contribution is 7.90. The normalized spacial score (nSPS) is 15.3. The van der Waals surface area contributed by atoms with Crippen LogP contribution >= 0.6 is 11.6 Å². The Kier molecular flexibility index (Phi) is 11.0. The number of alkyl halides is 6. The van der Waals surface area contributed by atoms with Crippen LogP contribution in [0, 0.1) is 0 Å². The zero-order chi connectivity index (χ0) is 38.9. The summed E-state index contributed by atoms with van der Waals surface area (Å²) in [6, 6.07) is 21.4. The lowest BCUT2D eigenvalue weighted by molar-refractivity contribution is -0.201. The summed E-state index contributed by atoms with van der Waals surface area (Å²) in [5, 5.41) is 7.32. The van der Waals surface area contributed by atoms with E-state index < -0.39 is 80.5 Å². The number of nitrogens with one attached hydrogen (secondary N) is 2. The first-order chi connectivity index (χ1) is 24.6. The second-order valence-corrected chi connectivity index (χ2v) is 15.0. The standard InChI is InChI=1S/C32H26ClF6N5O7S2/c33-23-16-19(10-15-26(23)43(53(40,49)50)18-28(45)51-30(46)31(34,35)36)17-25(29-41-24-8-4-5-9-27(24)44(29)32(37,38)39)42-52(47,48)22-13-11-21(12-14-22)20-6-2-1-3-7-20/h1-16,25,29,41-42H,17-18H2,(H2,40,49,50). The Morgan fingerprint density at radius 3 is 2.08 bits per heavy atom. The van der Waals surface area contributed by atoms with E-state index in [1.807, 2.05) is 0 Å². The number of sulfonamides is 1. The number of hydrogen-bond donors (Lipinski definition) is 3. The number of fused-ring (bicyclic) bond motifs is 1. The van der Waals surface area contributed by atoms with Gasteiger partial charge < -0.3 is 10.1 Å². The molecule has 2 atom stereocenters. The third kappa shape index (κ3) is 9.19. The number of hydrogen-bond acceptors (Lipinski definition) is 9. The Labute approximate surface area is 303 Å². The lowest BCUT2D eigenvalue weighted by Crippen LogP contribution is -2.58. The summed E-state index contributed by atoms with van der Waals surface area (Å²) in [4.78, 5) is 22.9. The first kappa shape index (κ1) is 39.3. The Bertz CT molecular complexity index is 2230. The van der Waals surface area contributed by atoms with Crippen LogP contribution in [0.3, 0.4) is 0 Å². The van der Waals surface area contributed by atoms with Gasteiger partial charge in [0.1, 0.15) is 12.7 Å². The SMILES string of the molecule is NS(=O)(=O)N(CC(=O)OC(=O)C(F)(F)F)c1ccc(CC(NS(=O)(=O)c2ccc(-c3ccccc3)cc2)C2Nc3ccccc3N2C(F)(F)F)cc1Cl. The number of esters is 2. The molecule has 2 unspecified atom stereocenters. The van der Waals surface area contributed by atoms with Crippen LogP contribution in [-0.4, -0.2) is 60.0 Å². The minimum atomic E-state index is -5.58. The second kappa shape index (κ2) is 14.9. The number of rotatable bonds is 11. The summed E-state index contributed by atoms with van der Waals surface area (Å²) < 4.78 is 140. The molecular formula is C32H26ClF6N5O7S2. The van der Waals surface area contributed by atoms with Crippen molar-refractivity contribution in [3.63, 3.8) is 0 Å². The van der Waals surface area contributed by atoms with Gasteiger partial charge in [-0.1, -0.05) is 72.3 Å². The summed E-state index contributed by atoms with van der Waals surface area (Å²) in [5.74, 6) is -4.89. The maximum atomic E-state index is 14.6. The van der Waals surface area contributed by atoms with Gasteiger partial charge in [0.15, 0.2) is 0 Å². The first-order valence-corrected chi connectivity index (χ1v) is 18.3. The van der Waals surface area contributed by atoms with Crippen molar-refractivity contribution in [2.75, 3.05) is 21.1 Å². The maximum Gasteiger partial charge on any atom is 0.491 e. The van der Waals surface area contributed by atoms with Crippen molar-refractivity contribution >= 4 is 60.8 Å². The zero-order valence-corrected chi connectivity index (χ0v) is 29.0. The van der Waals surface area contributed by atoms with Crippen LogP contribution in [0.5, 0.6) is 0 Å². The summed E-state index contributed by atoms with van der Waals surface area (Å²) in [7, 11) is -9.50. The van der Waals surface area contributed by atoms with Crippen molar-refractivity contribution in [3.8, 4) is 11.1 Å². The van der Waals surface area contributed by atoms with E-state index in [0.717, 1.165) is 23.8 Å². The smallest absolute Gasteiger partial charge is 0.385 e. The summed E-state index contributed by atoms with van der Waals surface area (Å²) in [6.45, 7) is -1.53. The average molecular weight is 806 g/mol. The number of benzene rings is 4. The Hall–Kier alpha value is -4.89. The van der Waals surface area contributed by atoms with Gasteiger partial charge in [0, 0.05) is 0 Å². The van der Waals surface area contributed by atoms with Crippen molar-refractivity contribution in [1.29, 1.82) is 0 Å². The predicted molar refractivity (Wildman–Crippen MR) is 181 cm³/mol. The molecule has 0 bridgehead atoms. The molecule has 0 spiro atoms. The first-order valence-electron chi connectivity index (χ1n) is 15.0. The highest BCUT2D eigenvalue weighted by Crippen LogP contribution is 2.43. The van der Waals surface area contributed by atoms with Crippen molar-refractivity contribution in [1.82, 2.24) is 4.72 Å². The third-order valence-corrected chi connectivity index (χ3v) is 10.5. The molecule has 282 valence electrons. The van der Waals surface area contributed by atoms with E-state index in [2.05, 4.69) is 14.8 Å². The van der Waals surface area contributed by atoms with E-state index in [9.17, 15) is 52.8 Å². The molecule has 1 heterocycles. The van der Waals surface area contributed by atoms with E-state index in [4.69, 9.17) is 16.7 Å². The second-order valence-electron chi connectivity index (χ2n) is 11.4. The molecule has 0 aliphatic carbocycles. The molecule has 4 N–H and O–H groups in total. The number of halogens is 7. The van der Waals surface area contributed by atoms with Crippen molar-refractivity contribution in [3.05, 3.63) is 108 Å². The number of nitrogens with two attached hydrogens (primary N) is 1. The monoisotopic (exact) mass is 805 g/mol. The molecule has 0 radical (unpaired) electrons. The van der Waals surface area contributed by atoms with E-state index >= 15 is 0 Å². The molecule has 0 amide bonds. The average Bonchev–Trinajstić information content (AvgIpc) is 3.47. The summed E-state index contributed by atoms with van der Waals surface area (Å²) >= 11 is 6.30. The van der Waals surface area contributed by atoms with E-state index in [-0.39, 0.29) is 31.0 Å². The quantitative estimate of drug-likeness (QED) is 0.0787. The van der Waals surface area contributed by atoms with Gasteiger partial charge in [0.2, 0.25) is 10.0 Å². The van der Waals surface area contributed by atoms with E-state index in [0.29, 0.717) is 5.56 Å². The van der Waals surface area contributed by atoms with Gasteiger partial charge in [-0.3, -0.25) is 4.90 Å². The Morgan fingerprint density at radius 1 is 0.887 bits per heavy atom. The van der Waals surface area contributed by atoms with Crippen molar-refractivity contribution in [2.45, 2.75) is 36.0 Å². The van der Waals surface area contributed by atoms with Gasteiger partial charge in [-0.2, -0.15) is 34.8 Å². The highest BCUT2D eigenvalue weighted by Gasteiger charge is 2.50. The molecule has 4 aromatic carbocycles. The molecule has 53 heavy (non-hydrogen) atoms. The Balaban J connectivity index is 1.49. The number of carbonyl (C=O) groups is 2. The van der Waals surface area contributed by atoms with Crippen LogP contribution in [0.4, 0.5) is 43.4 Å². The molecule has 4 aromatic rings. The fourth-order valence-corrected chi connectivity index (χ4v) is 7.77. The van der Waals surface area contributed by atoms with Gasteiger partial charge in [-0.15, -0.1) is 0 Å². The number of nitrogens with zero attached hydrogens (tertiary/aromatic N) is 2. The summed E-state index contributed by atoms with van der Waals surface area (Å²) in [6.07, 6.45) is -12.9. The van der Waals surface area contributed by atoms with Gasteiger partial charge in [0.25, 0.3) is 10.2 Å². The molecule has 1 aliphatic heterocycles. The minimum absolute atomic E-state index is 0.0327. The fraction of sp³-hybridized carbons (Fsp3) is 0.188. The van der Waals surface area contributed by atoms with Gasteiger partial charge in [0.05, 0.1) is 33.0 Å². The topological polar surface area (TPSA) is 168 Å². The molecule has 0 fully saturated rings. The fourth-order valence-electron chi connectivity index (χ4n) is 5.45. The van der Waals surface area contributed by atoms with Crippen LogP contribution in [0.1, 0.15) is 5.56 Å². The molecule has 1 aliphatic rings. The van der Waals surface area contributed by atoms with Crippen LogP contribution in [0.2, 0.25) is 5.02 Å². The molecule has 12 nitrogen and oxygen atoms in total. The minimum Gasteiger partial charge on any atom is -0.385 e. The molecule has 0 saturated heterocycles. The van der Waals surface area contributed by atoms with Crippen LogP contribution < -0.4 is 24.4 Å². The van der Waals surface area contributed by atoms with Gasteiger partial charge in [-0.05, 0) is 59.5 Å². The summed E-state index contributed by atoms with van der Waals surface area (Å²) in [5.41, 5.74) is 0.641. The molecule has 5 rings (SSSR count). The van der Waals surface area contributed by atoms with Crippen LogP contribution in [0.25, 0.3) is 11.1 Å². The molecule has 0 aromatic heterocycles.